The van der Waals surface area contributed by atoms with Crippen LogP contribution in [0.3, 0.4) is 0 Å². The Morgan fingerprint density at radius 2 is 1.27 bits per heavy atom. The SMILES string of the molecule is CCCCCCCCCCOP(=O)(O)Cc1cc(C(C)(C)C)c(O)c(C(C)(C)C)c1. The fourth-order valence-corrected chi connectivity index (χ4v) is 4.80. The van der Waals surface area contributed by atoms with Crippen LogP contribution >= 0.6 is 7.60 Å². The summed E-state index contributed by atoms with van der Waals surface area (Å²) >= 11 is 0. The second kappa shape index (κ2) is 11.7. The standard InChI is InChI=1S/C25H45O4P/c1-8-9-10-11-12-13-14-15-16-29-30(27,28)19-20-17-21(24(2,3)4)23(26)22(18-20)25(5,6)7/h17-18,26H,8-16,19H2,1-7H3,(H,27,28). The Hall–Kier alpha value is -0.830. The van der Waals surface area contributed by atoms with E-state index in [0.717, 1.165) is 36.0 Å². The summed E-state index contributed by atoms with van der Waals surface area (Å²) in [5.41, 5.74) is 1.81. The van der Waals surface area contributed by atoms with Crippen LogP contribution < -0.4 is 0 Å². The number of aromatic hydroxyl groups is 1. The molecule has 0 saturated carbocycles. The van der Waals surface area contributed by atoms with Gasteiger partial charge in [-0.1, -0.05) is 106 Å². The fourth-order valence-electron chi connectivity index (χ4n) is 3.65. The molecule has 0 aliphatic carbocycles. The zero-order valence-electron chi connectivity index (χ0n) is 20.4. The number of phenolic OH excluding ortho intramolecular Hbond substituents is 1. The molecule has 0 aromatic heterocycles. The summed E-state index contributed by atoms with van der Waals surface area (Å²) < 4.78 is 18.1. The Balaban J connectivity index is 2.71. The fraction of sp³-hybridized carbons (Fsp3) is 0.760. The van der Waals surface area contributed by atoms with Crippen molar-refractivity contribution in [3.05, 3.63) is 28.8 Å². The Kier molecular flexibility index (Phi) is 10.6. The van der Waals surface area contributed by atoms with E-state index in [-0.39, 0.29) is 22.7 Å². The highest BCUT2D eigenvalue weighted by atomic mass is 31.2. The average molecular weight is 441 g/mol. The number of phenols is 1. The molecule has 1 atom stereocenters. The molecule has 0 fully saturated rings. The minimum Gasteiger partial charge on any atom is -0.507 e. The smallest absolute Gasteiger partial charge is 0.332 e. The van der Waals surface area contributed by atoms with Crippen LogP contribution in [-0.4, -0.2) is 16.6 Å². The zero-order chi connectivity index (χ0) is 23.0. The van der Waals surface area contributed by atoms with E-state index in [2.05, 4.69) is 6.92 Å². The second-order valence-corrected chi connectivity index (χ2v) is 12.5. The van der Waals surface area contributed by atoms with E-state index in [1.54, 1.807) is 0 Å². The van der Waals surface area contributed by atoms with Crippen molar-refractivity contribution >= 4 is 7.60 Å². The monoisotopic (exact) mass is 440 g/mol. The van der Waals surface area contributed by atoms with E-state index >= 15 is 0 Å². The summed E-state index contributed by atoms with van der Waals surface area (Å²) in [7, 11) is -3.73. The summed E-state index contributed by atoms with van der Waals surface area (Å²) in [6.45, 7) is 14.8. The van der Waals surface area contributed by atoms with Crippen LogP contribution in [0.15, 0.2) is 12.1 Å². The molecule has 2 N–H and O–H groups in total. The van der Waals surface area contributed by atoms with Crippen molar-refractivity contribution in [2.24, 2.45) is 0 Å². The van der Waals surface area contributed by atoms with Crippen LogP contribution in [0, 0.1) is 0 Å². The molecule has 1 aromatic rings. The maximum atomic E-state index is 12.7. The first kappa shape index (κ1) is 27.2. The first-order chi connectivity index (χ1) is 13.8. The normalized spacial score (nSPS) is 14.7. The van der Waals surface area contributed by atoms with Crippen molar-refractivity contribution in [2.75, 3.05) is 6.61 Å². The molecular weight excluding hydrogens is 395 g/mol. The van der Waals surface area contributed by atoms with Gasteiger partial charge in [-0.05, 0) is 33.9 Å². The van der Waals surface area contributed by atoms with Crippen molar-refractivity contribution in [3.63, 3.8) is 0 Å². The molecule has 174 valence electrons. The molecule has 0 amide bonds. The van der Waals surface area contributed by atoms with Gasteiger partial charge in [-0.2, -0.15) is 0 Å². The van der Waals surface area contributed by atoms with Crippen molar-refractivity contribution in [1.29, 1.82) is 0 Å². The Labute approximate surface area is 185 Å². The molecule has 30 heavy (non-hydrogen) atoms. The van der Waals surface area contributed by atoms with Gasteiger partial charge in [0.25, 0.3) is 0 Å². The largest absolute Gasteiger partial charge is 0.507 e. The predicted molar refractivity (Wildman–Crippen MR) is 128 cm³/mol. The molecule has 0 saturated heterocycles. The topological polar surface area (TPSA) is 66.8 Å². The number of rotatable bonds is 12. The highest BCUT2D eigenvalue weighted by molar-refractivity contribution is 7.51. The summed E-state index contributed by atoms with van der Waals surface area (Å²) in [6.07, 6.45) is 9.36. The first-order valence-electron chi connectivity index (χ1n) is 11.6. The first-order valence-corrected chi connectivity index (χ1v) is 13.4. The van der Waals surface area contributed by atoms with E-state index in [0.29, 0.717) is 6.61 Å². The molecule has 5 heteroatoms. The zero-order valence-corrected chi connectivity index (χ0v) is 21.3. The quantitative estimate of drug-likeness (QED) is 0.257. The van der Waals surface area contributed by atoms with Gasteiger partial charge < -0.3 is 14.5 Å². The second-order valence-electron chi connectivity index (χ2n) is 10.6. The molecule has 0 radical (unpaired) electrons. The predicted octanol–water partition coefficient (Wildman–Crippen LogP) is 7.83. The minimum absolute atomic E-state index is 0.0313. The van der Waals surface area contributed by atoms with Crippen LogP contribution in [0.2, 0.25) is 0 Å². The maximum Gasteiger partial charge on any atom is 0.332 e. The molecule has 1 unspecified atom stereocenters. The molecule has 4 nitrogen and oxygen atoms in total. The lowest BCUT2D eigenvalue weighted by Gasteiger charge is -2.28. The van der Waals surface area contributed by atoms with Gasteiger partial charge in [0.05, 0.1) is 12.8 Å². The van der Waals surface area contributed by atoms with Gasteiger partial charge in [0.2, 0.25) is 0 Å². The lowest BCUT2D eigenvalue weighted by molar-refractivity contribution is 0.251. The number of hydrogen-bond acceptors (Lipinski definition) is 3. The van der Waals surface area contributed by atoms with Crippen molar-refractivity contribution in [1.82, 2.24) is 0 Å². The average Bonchev–Trinajstić information content (AvgIpc) is 2.59. The number of benzene rings is 1. The van der Waals surface area contributed by atoms with E-state index in [4.69, 9.17) is 4.52 Å². The molecule has 0 aliphatic heterocycles. The van der Waals surface area contributed by atoms with Gasteiger partial charge in [-0.25, -0.2) is 0 Å². The Bertz CT molecular complexity index is 663. The van der Waals surface area contributed by atoms with Crippen LogP contribution in [0.25, 0.3) is 0 Å². The Morgan fingerprint density at radius 3 is 1.70 bits per heavy atom. The van der Waals surface area contributed by atoms with Gasteiger partial charge in [0, 0.05) is 0 Å². The van der Waals surface area contributed by atoms with Crippen LogP contribution in [0.5, 0.6) is 5.75 Å². The van der Waals surface area contributed by atoms with E-state index in [9.17, 15) is 14.6 Å². The van der Waals surface area contributed by atoms with Gasteiger partial charge in [-0.15, -0.1) is 0 Å². The maximum absolute atomic E-state index is 12.7. The van der Waals surface area contributed by atoms with Crippen molar-refractivity contribution in [3.8, 4) is 5.75 Å². The molecule has 0 heterocycles. The van der Waals surface area contributed by atoms with Crippen molar-refractivity contribution < 1.29 is 19.1 Å². The minimum atomic E-state index is -3.73. The number of hydrogen-bond donors (Lipinski definition) is 2. The van der Waals surface area contributed by atoms with Gasteiger partial charge in [-0.3, -0.25) is 4.57 Å². The van der Waals surface area contributed by atoms with Crippen LogP contribution in [-0.2, 0) is 26.1 Å². The summed E-state index contributed by atoms with van der Waals surface area (Å²) in [6, 6.07) is 3.71. The lowest BCUT2D eigenvalue weighted by Crippen LogP contribution is -2.18. The Morgan fingerprint density at radius 1 is 0.833 bits per heavy atom. The summed E-state index contributed by atoms with van der Waals surface area (Å²) in [4.78, 5) is 10.4. The van der Waals surface area contributed by atoms with Crippen LogP contribution in [0.4, 0.5) is 0 Å². The molecule has 0 spiro atoms. The van der Waals surface area contributed by atoms with Crippen LogP contribution in [0.1, 0.15) is 117 Å². The van der Waals surface area contributed by atoms with Gasteiger partial charge >= 0.3 is 7.60 Å². The third-order valence-corrected chi connectivity index (χ3v) is 6.81. The molecule has 1 aromatic carbocycles. The molecule has 0 aliphatic rings. The van der Waals surface area contributed by atoms with Gasteiger partial charge in [0.15, 0.2) is 0 Å². The highest BCUT2D eigenvalue weighted by Gasteiger charge is 2.28. The molecule has 0 bridgehead atoms. The number of unbranched alkanes of at least 4 members (excludes halogenated alkanes) is 7. The van der Waals surface area contributed by atoms with Crippen molar-refractivity contribution in [2.45, 2.75) is 117 Å². The van der Waals surface area contributed by atoms with E-state index < -0.39 is 7.60 Å². The van der Waals surface area contributed by atoms with E-state index in [1.807, 2.05) is 53.7 Å². The third-order valence-electron chi connectivity index (χ3n) is 5.46. The van der Waals surface area contributed by atoms with Gasteiger partial charge in [0.1, 0.15) is 5.75 Å². The third kappa shape index (κ3) is 9.54. The summed E-state index contributed by atoms with van der Waals surface area (Å²) in [5, 5.41) is 10.8. The molecule has 1 rings (SSSR count). The lowest BCUT2D eigenvalue weighted by atomic mass is 9.78. The van der Waals surface area contributed by atoms with E-state index in [1.165, 1.54) is 32.1 Å². The molecular formula is C25H45O4P. The highest BCUT2D eigenvalue weighted by Crippen LogP contribution is 2.48. The summed E-state index contributed by atoms with van der Waals surface area (Å²) in [5.74, 6) is 0.284.